The summed E-state index contributed by atoms with van der Waals surface area (Å²) in [4.78, 5) is 36.9. The van der Waals surface area contributed by atoms with Crippen molar-refractivity contribution in [3.63, 3.8) is 0 Å². The molecule has 0 unspecified atom stereocenters. The van der Waals surface area contributed by atoms with E-state index in [0.29, 0.717) is 39.5 Å². The third-order valence-corrected chi connectivity index (χ3v) is 4.71. The minimum atomic E-state index is -0.586. The molecule has 0 saturated heterocycles. The molecule has 2 N–H and O–H groups in total. The molecular formula is C24H26N2O8. The van der Waals surface area contributed by atoms with E-state index in [0.717, 1.165) is 0 Å². The van der Waals surface area contributed by atoms with E-state index < -0.39 is 17.8 Å². The molecule has 1 aromatic heterocycles. The summed E-state index contributed by atoms with van der Waals surface area (Å²) >= 11 is 0. The second-order valence-corrected chi connectivity index (χ2v) is 7.51. The van der Waals surface area contributed by atoms with Crippen LogP contribution in [0.4, 0.5) is 0 Å². The highest BCUT2D eigenvalue weighted by Crippen LogP contribution is 2.30. The summed E-state index contributed by atoms with van der Waals surface area (Å²) in [5, 5.41) is 0.516. The second-order valence-electron chi connectivity index (χ2n) is 7.51. The number of rotatable bonds is 8. The maximum atomic E-state index is 12.4. The molecule has 0 aliphatic carbocycles. The zero-order chi connectivity index (χ0) is 24.8. The van der Waals surface area contributed by atoms with E-state index in [1.54, 1.807) is 45.0 Å². The molecule has 3 rings (SSSR count). The van der Waals surface area contributed by atoms with Crippen LogP contribution >= 0.6 is 0 Å². The zero-order valence-electron chi connectivity index (χ0n) is 19.5. The smallest absolute Gasteiger partial charge is 0.342 e. The molecule has 1 heterocycles. The first-order valence-electron chi connectivity index (χ1n) is 10.4. The number of ether oxygens (including phenoxy) is 4. The molecule has 0 saturated carbocycles. The number of amides is 2. The predicted molar refractivity (Wildman–Crippen MR) is 122 cm³/mol. The summed E-state index contributed by atoms with van der Waals surface area (Å²) < 4.78 is 26.7. The van der Waals surface area contributed by atoms with Gasteiger partial charge < -0.3 is 23.4 Å². The lowest BCUT2D eigenvalue weighted by molar-refractivity contribution is -0.123. The lowest BCUT2D eigenvalue weighted by Crippen LogP contribution is -2.43. The molecule has 2 amide bonds. The number of hydrogen-bond donors (Lipinski definition) is 2. The van der Waals surface area contributed by atoms with Gasteiger partial charge >= 0.3 is 5.97 Å². The fourth-order valence-corrected chi connectivity index (χ4v) is 3.18. The van der Waals surface area contributed by atoms with Crippen LogP contribution in [0.1, 0.15) is 40.3 Å². The minimum Gasteiger partial charge on any atom is -0.493 e. The summed E-state index contributed by atoms with van der Waals surface area (Å²) in [7, 11) is 2.94. The van der Waals surface area contributed by atoms with Crippen molar-refractivity contribution in [1.82, 2.24) is 10.9 Å². The van der Waals surface area contributed by atoms with Crippen molar-refractivity contribution in [3.8, 4) is 17.2 Å². The highest BCUT2D eigenvalue weighted by Gasteiger charge is 2.21. The third kappa shape index (κ3) is 5.58. The summed E-state index contributed by atoms with van der Waals surface area (Å²) in [6.07, 6.45) is -0.283. The van der Waals surface area contributed by atoms with E-state index in [-0.39, 0.29) is 18.3 Å². The summed E-state index contributed by atoms with van der Waals surface area (Å²) in [6.45, 7) is 4.81. The topological polar surface area (TPSA) is 125 Å². The quantitative estimate of drug-likeness (QED) is 0.380. The maximum absolute atomic E-state index is 12.4. The molecule has 0 radical (unpaired) electrons. The number of hydrazine groups is 1. The predicted octanol–water partition coefficient (Wildman–Crippen LogP) is 3.16. The minimum absolute atomic E-state index is 0.264. The monoisotopic (exact) mass is 470 g/mol. The van der Waals surface area contributed by atoms with E-state index in [1.807, 2.05) is 0 Å². The third-order valence-electron chi connectivity index (χ3n) is 4.71. The van der Waals surface area contributed by atoms with E-state index in [4.69, 9.17) is 23.4 Å². The van der Waals surface area contributed by atoms with Gasteiger partial charge in [-0.1, -0.05) is 0 Å². The fourth-order valence-electron chi connectivity index (χ4n) is 3.18. The van der Waals surface area contributed by atoms with Crippen molar-refractivity contribution in [2.24, 2.45) is 0 Å². The first-order valence-corrected chi connectivity index (χ1v) is 10.4. The van der Waals surface area contributed by atoms with E-state index in [2.05, 4.69) is 10.9 Å². The van der Waals surface area contributed by atoms with Gasteiger partial charge in [0.1, 0.15) is 22.7 Å². The molecule has 180 valence electrons. The Morgan fingerprint density at radius 3 is 2.38 bits per heavy atom. The number of hydrogen-bond acceptors (Lipinski definition) is 8. The number of nitrogens with one attached hydrogen (secondary N) is 2. The number of methoxy groups -OCH3 is 2. The van der Waals surface area contributed by atoms with Crippen LogP contribution in [0.2, 0.25) is 0 Å². The number of carbonyl (C=O) groups excluding carboxylic acids is 3. The van der Waals surface area contributed by atoms with Gasteiger partial charge in [0.2, 0.25) is 0 Å². The molecule has 0 aliphatic rings. The molecule has 0 aliphatic heterocycles. The van der Waals surface area contributed by atoms with Gasteiger partial charge in [-0.25, -0.2) is 4.79 Å². The van der Waals surface area contributed by atoms with Gasteiger partial charge in [0.25, 0.3) is 11.8 Å². The highest BCUT2D eigenvalue weighted by molar-refractivity contribution is 6.05. The average molecular weight is 470 g/mol. The van der Waals surface area contributed by atoms with Crippen LogP contribution in [0.25, 0.3) is 11.0 Å². The summed E-state index contributed by atoms with van der Waals surface area (Å²) in [5.74, 6) is -0.0106. The van der Waals surface area contributed by atoms with Crippen molar-refractivity contribution in [3.05, 3.63) is 53.3 Å². The molecule has 3 aromatic rings. The van der Waals surface area contributed by atoms with Gasteiger partial charge in [-0.05, 0) is 57.2 Å². The molecular weight excluding hydrogens is 444 g/mol. The van der Waals surface area contributed by atoms with Gasteiger partial charge in [-0.3, -0.25) is 20.4 Å². The Morgan fingerprint density at radius 1 is 0.971 bits per heavy atom. The normalized spacial score (nSPS) is 10.6. The molecule has 10 nitrogen and oxygen atoms in total. The van der Waals surface area contributed by atoms with Crippen LogP contribution in [-0.2, 0) is 9.53 Å². The average Bonchev–Trinajstić information content (AvgIpc) is 3.15. The highest BCUT2D eigenvalue weighted by atomic mass is 16.5. The molecule has 10 heteroatoms. The van der Waals surface area contributed by atoms with Crippen molar-refractivity contribution in [2.45, 2.75) is 26.9 Å². The Hall–Kier alpha value is -4.21. The Labute approximate surface area is 196 Å². The Kier molecular flexibility index (Phi) is 7.62. The number of carbonyl (C=O) groups is 3. The van der Waals surface area contributed by atoms with Gasteiger partial charge in [-0.2, -0.15) is 0 Å². The Balaban J connectivity index is 1.61. The van der Waals surface area contributed by atoms with E-state index in [9.17, 15) is 14.4 Å². The van der Waals surface area contributed by atoms with Crippen LogP contribution in [0.5, 0.6) is 17.2 Å². The Bertz CT molecular complexity index is 1220. The first kappa shape index (κ1) is 24.4. The largest absolute Gasteiger partial charge is 0.493 e. The Morgan fingerprint density at radius 2 is 1.71 bits per heavy atom. The molecule has 34 heavy (non-hydrogen) atoms. The summed E-state index contributed by atoms with van der Waals surface area (Å²) in [6, 6.07) is 9.44. The second kappa shape index (κ2) is 10.6. The van der Waals surface area contributed by atoms with Gasteiger partial charge in [-0.15, -0.1) is 0 Å². The van der Waals surface area contributed by atoms with Gasteiger partial charge in [0.05, 0.1) is 20.3 Å². The lowest BCUT2D eigenvalue weighted by Gasteiger charge is -2.11. The number of benzene rings is 2. The van der Waals surface area contributed by atoms with Crippen molar-refractivity contribution in [2.75, 3.05) is 20.8 Å². The van der Waals surface area contributed by atoms with Crippen molar-refractivity contribution in [1.29, 1.82) is 0 Å². The molecule has 0 spiro atoms. The van der Waals surface area contributed by atoms with Crippen LogP contribution < -0.4 is 25.1 Å². The number of fused-ring (bicyclic) bond motifs is 1. The SMILES string of the molecule is COc1ccc(C(=O)NNC(=O)COc2ccc3oc(C)c(C(=O)OC(C)C)c3c2)cc1OC. The van der Waals surface area contributed by atoms with Crippen molar-refractivity contribution >= 4 is 28.8 Å². The fraction of sp³-hybridized carbons (Fsp3) is 0.292. The molecule has 0 atom stereocenters. The summed E-state index contributed by atoms with van der Waals surface area (Å²) in [5.41, 5.74) is 5.65. The van der Waals surface area contributed by atoms with Crippen LogP contribution in [-0.4, -0.2) is 44.7 Å². The number of aryl methyl sites for hydroxylation is 1. The first-order chi connectivity index (χ1) is 16.2. The molecule has 0 bridgehead atoms. The standard InChI is InChI=1S/C24H26N2O8/c1-13(2)33-24(29)22-14(3)34-18-9-7-16(11-17(18)22)32-12-21(27)25-26-23(28)15-6-8-19(30-4)20(10-15)31-5/h6-11,13H,12H2,1-5H3,(H,25,27)(H,26,28). The maximum Gasteiger partial charge on any atom is 0.342 e. The molecule has 2 aromatic carbocycles. The van der Waals surface area contributed by atoms with Crippen molar-refractivity contribution < 1.29 is 37.7 Å². The molecule has 0 fully saturated rings. The van der Waals surface area contributed by atoms with Crippen LogP contribution in [0, 0.1) is 6.92 Å². The van der Waals surface area contributed by atoms with E-state index >= 15 is 0 Å². The number of esters is 1. The van der Waals surface area contributed by atoms with E-state index in [1.165, 1.54) is 26.4 Å². The number of furan rings is 1. The van der Waals surface area contributed by atoms with Gasteiger partial charge in [0.15, 0.2) is 18.1 Å². The van der Waals surface area contributed by atoms with Crippen LogP contribution in [0.3, 0.4) is 0 Å². The van der Waals surface area contributed by atoms with Crippen LogP contribution in [0.15, 0.2) is 40.8 Å². The zero-order valence-corrected chi connectivity index (χ0v) is 19.5. The lowest BCUT2D eigenvalue weighted by atomic mass is 10.1. The van der Waals surface area contributed by atoms with Gasteiger partial charge in [0, 0.05) is 10.9 Å².